The summed E-state index contributed by atoms with van der Waals surface area (Å²) >= 11 is 3.93. The molecule has 0 bridgehead atoms. The minimum Gasteiger partial charge on any atom is -0.355 e. The van der Waals surface area contributed by atoms with Gasteiger partial charge in [0.2, 0.25) is 5.91 Å². The van der Waals surface area contributed by atoms with Gasteiger partial charge in [-0.25, -0.2) is 0 Å². The van der Waals surface area contributed by atoms with Gasteiger partial charge >= 0.3 is 0 Å². The third-order valence-corrected chi connectivity index (χ3v) is 5.16. The van der Waals surface area contributed by atoms with Gasteiger partial charge in [0.05, 0.1) is 22.7 Å². The molecule has 0 unspecified atom stereocenters. The number of carbonyl (C=O) groups is 2. The molecule has 8 heteroatoms. The van der Waals surface area contributed by atoms with E-state index in [0.717, 1.165) is 30.6 Å². The second-order valence-electron chi connectivity index (χ2n) is 7.28. The van der Waals surface area contributed by atoms with Gasteiger partial charge in [-0.3, -0.25) is 24.6 Å². The standard InChI is InChI=1S/C24H29N5O2S/c30-23(18-32)26-14-8-3-9-15-27-24(31)20-16-25-19-28(17-20)29(21-10-4-1-5-11-21)22-12-6-2-7-13-22/h1-2,4-7,10-13,16-17,32H,3,8-9,14-15,18-19H2,(H,26,30)(H,27,31). The van der Waals surface area contributed by atoms with Crippen molar-refractivity contribution in [3.05, 3.63) is 72.4 Å². The molecule has 1 heterocycles. The van der Waals surface area contributed by atoms with Crippen LogP contribution in [0.1, 0.15) is 19.3 Å². The number of hydrazine groups is 1. The number of hydrogen-bond acceptors (Lipinski definition) is 6. The van der Waals surface area contributed by atoms with Gasteiger partial charge < -0.3 is 10.6 Å². The Morgan fingerprint density at radius 3 is 2.09 bits per heavy atom. The summed E-state index contributed by atoms with van der Waals surface area (Å²) in [5, 5.41) is 9.72. The van der Waals surface area contributed by atoms with E-state index in [9.17, 15) is 9.59 Å². The molecule has 3 rings (SSSR count). The normalized spacial score (nSPS) is 12.8. The average Bonchev–Trinajstić information content (AvgIpc) is 2.85. The van der Waals surface area contributed by atoms with Gasteiger partial charge in [0.15, 0.2) is 0 Å². The van der Waals surface area contributed by atoms with Crippen LogP contribution in [-0.4, -0.2) is 48.5 Å². The van der Waals surface area contributed by atoms with E-state index in [4.69, 9.17) is 0 Å². The van der Waals surface area contributed by atoms with Gasteiger partial charge in [-0.15, -0.1) is 0 Å². The molecule has 0 saturated carbocycles. The van der Waals surface area contributed by atoms with Gasteiger partial charge in [-0.1, -0.05) is 36.4 Å². The van der Waals surface area contributed by atoms with Crippen LogP contribution in [0, 0.1) is 0 Å². The zero-order chi connectivity index (χ0) is 22.6. The summed E-state index contributed by atoms with van der Waals surface area (Å²) in [6, 6.07) is 20.0. The van der Waals surface area contributed by atoms with E-state index < -0.39 is 0 Å². The largest absolute Gasteiger partial charge is 0.355 e. The molecule has 0 saturated heterocycles. The molecule has 1 aliphatic rings. The zero-order valence-corrected chi connectivity index (χ0v) is 18.9. The quantitative estimate of drug-likeness (QED) is 0.362. The number of thiol groups is 1. The number of nitrogens with zero attached hydrogens (tertiary/aromatic N) is 3. The Morgan fingerprint density at radius 1 is 0.906 bits per heavy atom. The lowest BCUT2D eigenvalue weighted by molar-refractivity contribution is -0.118. The van der Waals surface area contributed by atoms with Crippen LogP contribution < -0.4 is 15.6 Å². The van der Waals surface area contributed by atoms with Crippen molar-refractivity contribution in [1.82, 2.24) is 15.6 Å². The van der Waals surface area contributed by atoms with E-state index in [-0.39, 0.29) is 17.6 Å². The molecule has 0 atom stereocenters. The van der Waals surface area contributed by atoms with Crippen molar-refractivity contribution < 1.29 is 9.59 Å². The molecule has 2 aromatic carbocycles. The van der Waals surface area contributed by atoms with Crippen molar-refractivity contribution in [2.75, 3.05) is 30.5 Å². The molecule has 0 radical (unpaired) electrons. The van der Waals surface area contributed by atoms with Gasteiger partial charge in [0, 0.05) is 25.5 Å². The lowest BCUT2D eigenvalue weighted by atomic mass is 10.2. The number of hydrogen-bond donors (Lipinski definition) is 3. The third kappa shape index (κ3) is 6.88. The Balaban J connectivity index is 1.58. The number of aliphatic imine (C=N–C) groups is 1. The Labute approximate surface area is 194 Å². The highest BCUT2D eigenvalue weighted by atomic mass is 32.1. The lowest BCUT2D eigenvalue weighted by Gasteiger charge is -2.36. The van der Waals surface area contributed by atoms with Crippen LogP contribution in [0.25, 0.3) is 0 Å². The van der Waals surface area contributed by atoms with Gasteiger partial charge in [-0.05, 0) is 43.5 Å². The predicted octanol–water partition coefficient (Wildman–Crippen LogP) is 3.30. The molecule has 7 nitrogen and oxygen atoms in total. The van der Waals surface area contributed by atoms with Crippen LogP contribution in [0.2, 0.25) is 0 Å². The number of amides is 2. The Hall–Kier alpha value is -3.26. The third-order valence-electron chi connectivity index (χ3n) is 4.87. The lowest BCUT2D eigenvalue weighted by Crippen LogP contribution is -2.39. The molecule has 0 aromatic heterocycles. The molecule has 2 N–H and O–H groups in total. The summed E-state index contributed by atoms with van der Waals surface area (Å²) < 4.78 is 0. The summed E-state index contributed by atoms with van der Waals surface area (Å²) in [5.74, 6) is -0.00642. The SMILES string of the molecule is O=C(CS)NCCCCCNC(=O)C1=CN(N(c2ccccc2)c2ccccc2)CN=C1. The number of rotatable bonds is 11. The van der Waals surface area contributed by atoms with Crippen LogP contribution in [-0.2, 0) is 9.59 Å². The molecule has 0 fully saturated rings. The first-order valence-corrected chi connectivity index (χ1v) is 11.4. The Kier molecular flexibility index (Phi) is 9.19. The number of nitrogens with one attached hydrogen (secondary N) is 2. The second kappa shape index (κ2) is 12.6. The molecule has 0 spiro atoms. The monoisotopic (exact) mass is 451 g/mol. The van der Waals surface area contributed by atoms with Crippen molar-refractivity contribution in [3.8, 4) is 0 Å². The van der Waals surface area contributed by atoms with Crippen LogP contribution in [0.4, 0.5) is 11.4 Å². The van der Waals surface area contributed by atoms with Crippen molar-refractivity contribution in [3.63, 3.8) is 0 Å². The Bertz CT molecular complexity index is 894. The number of benzene rings is 2. The van der Waals surface area contributed by atoms with Crippen molar-refractivity contribution in [2.45, 2.75) is 19.3 Å². The summed E-state index contributed by atoms with van der Waals surface area (Å²) in [4.78, 5) is 28.2. The minimum absolute atomic E-state index is 0.0604. The molecule has 2 aromatic rings. The molecular weight excluding hydrogens is 422 g/mol. The van der Waals surface area contributed by atoms with Crippen LogP contribution in [0.3, 0.4) is 0 Å². The van der Waals surface area contributed by atoms with Gasteiger partial charge in [0.25, 0.3) is 5.91 Å². The van der Waals surface area contributed by atoms with E-state index in [2.05, 4.69) is 28.3 Å². The number of anilines is 2. The molecule has 2 amide bonds. The first kappa shape index (κ1) is 23.4. The van der Waals surface area contributed by atoms with Gasteiger partial charge in [-0.2, -0.15) is 12.6 Å². The number of carbonyl (C=O) groups excluding carboxylic acids is 2. The fourth-order valence-corrected chi connectivity index (χ4v) is 3.41. The molecular formula is C24H29N5O2S. The van der Waals surface area contributed by atoms with Crippen molar-refractivity contribution in [1.29, 1.82) is 0 Å². The fourth-order valence-electron chi connectivity index (χ4n) is 3.29. The topological polar surface area (TPSA) is 77.0 Å². The van der Waals surface area contributed by atoms with Crippen LogP contribution in [0.15, 0.2) is 77.4 Å². The summed E-state index contributed by atoms with van der Waals surface area (Å²) in [6.45, 7) is 1.62. The highest BCUT2D eigenvalue weighted by molar-refractivity contribution is 7.81. The molecule has 168 valence electrons. The van der Waals surface area contributed by atoms with Crippen LogP contribution >= 0.6 is 12.6 Å². The highest BCUT2D eigenvalue weighted by Gasteiger charge is 2.20. The zero-order valence-electron chi connectivity index (χ0n) is 18.0. The maximum atomic E-state index is 12.7. The smallest absolute Gasteiger partial charge is 0.254 e. The average molecular weight is 452 g/mol. The predicted molar refractivity (Wildman–Crippen MR) is 132 cm³/mol. The van der Waals surface area contributed by atoms with Crippen LogP contribution in [0.5, 0.6) is 0 Å². The molecule has 1 aliphatic heterocycles. The van der Waals surface area contributed by atoms with E-state index in [1.54, 1.807) is 6.21 Å². The maximum Gasteiger partial charge on any atom is 0.254 e. The van der Waals surface area contributed by atoms with Gasteiger partial charge in [0.1, 0.15) is 6.67 Å². The summed E-state index contributed by atoms with van der Waals surface area (Å²) in [7, 11) is 0. The maximum absolute atomic E-state index is 12.7. The van der Waals surface area contributed by atoms with E-state index in [1.165, 1.54) is 0 Å². The second-order valence-corrected chi connectivity index (χ2v) is 7.60. The first-order valence-electron chi connectivity index (χ1n) is 10.7. The summed E-state index contributed by atoms with van der Waals surface area (Å²) in [5.41, 5.74) is 2.47. The number of para-hydroxylation sites is 2. The Morgan fingerprint density at radius 2 is 1.50 bits per heavy atom. The fraction of sp³-hybridized carbons (Fsp3) is 0.292. The highest BCUT2D eigenvalue weighted by Crippen LogP contribution is 2.28. The molecule has 32 heavy (non-hydrogen) atoms. The van der Waals surface area contributed by atoms with Crippen molar-refractivity contribution in [2.24, 2.45) is 4.99 Å². The minimum atomic E-state index is -0.150. The first-order chi connectivity index (χ1) is 15.7. The molecule has 0 aliphatic carbocycles. The summed E-state index contributed by atoms with van der Waals surface area (Å²) in [6.07, 6.45) is 6.08. The van der Waals surface area contributed by atoms with Crippen molar-refractivity contribution >= 4 is 42.0 Å². The number of unbranched alkanes of at least 4 members (excludes halogenated alkanes) is 2. The van der Waals surface area contributed by atoms with E-state index >= 15 is 0 Å². The van der Waals surface area contributed by atoms with E-state index in [0.29, 0.717) is 25.3 Å². The van der Waals surface area contributed by atoms with E-state index in [1.807, 2.05) is 76.9 Å².